The minimum atomic E-state index is 0.575. The Morgan fingerprint density at radius 1 is 1.67 bits per heavy atom. The van der Waals surface area contributed by atoms with Gasteiger partial charge in [-0.2, -0.15) is 0 Å². The van der Waals surface area contributed by atoms with Gasteiger partial charge in [0, 0.05) is 4.88 Å². The van der Waals surface area contributed by atoms with E-state index in [1.54, 1.807) is 11.3 Å². The number of thiazole rings is 1. The summed E-state index contributed by atoms with van der Waals surface area (Å²) >= 11 is 7.53. The van der Waals surface area contributed by atoms with E-state index < -0.39 is 0 Å². The monoisotopic (exact) mass is 201 g/mol. The lowest BCUT2D eigenvalue weighted by molar-refractivity contribution is 0.501. The van der Waals surface area contributed by atoms with Crippen LogP contribution in [0.1, 0.15) is 28.9 Å². The number of alkyl halides is 1. The zero-order chi connectivity index (χ0) is 8.55. The molecule has 1 aliphatic rings. The average Bonchev–Trinajstić information content (AvgIpc) is 2.46. The number of halogens is 1. The van der Waals surface area contributed by atoms with Crippen LogP contribution in [0.25, 0.3) is 0 Å². The highest BCUT2D eigenvalue weighted by Crippen LogP contribution is 2.30. The van der Waals surface area contributed by atoms with E-state index in [1.165, 1.54) is 23.4 Å². The maximum Gasteiger partial charge on any atom is 0.108 e. The number of hydrogen-bond acceptors (Lipinski definition) is 2. The summed E-state index contributed by atoms with van der Waals surface area (Å²) in [6.07, 6.45) is 3.66. The van der Waals surface area contributed by atoms with Crippen molar-refractivity contribution in [2.75, 3.05) is 0 Å². The molecule has 1 aromatic heterocycles. The summed E-state index contributed by atoms with van der Waals surface area (Å²) < 4.78 is 0. The number of fused-ring (bicyclic) bond motifs is 1. The fourth-order valence-corrected chi connectivity index (χ4v) is 3.00. The Hall–Kier alpha value is -0.0800. The molecule has 0 amide bonds. The molecule has 0 bridgehead atoms. The van der Waals surface area contributed by atoms with Gasteiger partial charge in [0.25, 0.3) is 0 Å². The third-order valence-electron chi connectivity index (χ3n) is 2.34. The van der Waals surface area contributed by atoms with Gasteiger partial charge < -0.3 is 0 Å². The van der Waals surface area contributed by atoms with E-state index in [4.69, 9.17) is 11.6 Å². The van der Waals surface area contributed by atoms with Gasteiger partial charge in [-0.05, 0) is 25.2 Å². The minimum absolute atomic E-state index is 0.575. The molecule has 1 unspecified atom stereocenters. The summed E-state index contributed by atoms with van der Waals surface area (Å²) in [7, 11) is 0. The van der Waals surface area contributed by atoms with Crippen molar-refractivity contribution in [2.24, 2.45) is 5.92 Å². The molecule has 2 rings (SSSR count). The Labute approximate surface area is 81.8 Å². The molecule has 0 spiro atoms. The molecule has 0 aromatic carbocycles. The molecule has 0 aliphatic heterocycles. The maximum absolute atomic E-state index is 5.73. The van der Waals surface area contributed by atoms with Crippen molar-refractivity contribution < 1.29 is 0 Å². The first-order valence-corrected chi connectivity index (χ1v) is 5.68. The van der Waals surface area contributed by atoms with E-state index in [0.717, 1.165) is 17.3 Å². The van der Waals surface area contributed by atoms with Crippen molar-refractivity contribution in [3.63, 3.8) is 0 Å². The predicted molar refractivity (Wildman–Crippen MR) is 52.9 cm³/mol. The molecule has 1 heterocycles. The Kier molecular flexibility index (Phi) is 2.37. The summed E-state index contributed by atoms with van der Waals surface area (Å²) in [5, 5.41) is 1.09. The first-order chi connectivity index (χ1) is 5.79. The largest absolute Gasteiger partial charge is 0.245 e. The summed E-state index contributed by atoms with van der Waals surface area (Å²) in [5.41, 5.74) is 1.31. The molecule has 0 radical (unpaired) electrons. The van der Waals surface area contributed by atoms with Crippen LogP contribution in [0.3, 0.4) is 0 Å². The molecule has 1 nitrogen and oxygen atoms in total. The number of aryl methyl sites for hydroxylation is 1. The van der Waals surface area contributed by atoms with Crippen LogP contribution < -0.4 is 0 Å². The Balaban J connectivity index is 2.28. The van der Waals surface area contributed by atoms with Crippen LogP contribution in [-0.4, -0.2) is 4.98 Å². The lowest BCUT2D eigenvalue weighted by Gasteiger charge is -2.15. The van der Waals surface area contributed by atoms with Crippen LogP contribution in [0.2, 0.25) is 0 Å². The molecule has 1 aliphatic carbocycles. The van der Waals surface area contributed by atoms with Crippen molar-refractivity contribution in [3.8, 4) is 0 Å². The first-order valence-electron chi connectivity index (χ1n) is 4.33. The molecule has 0 fully saturated rings. The van der Waals surface area contributed by atoms with Crippen LogP contribution in [0.15, 0.2) is 0 Å². The first kappa shape index (κ1) is 8.52. The maximum atomic E-state index is 5.73. The van der Waals surface area contributed by atoms with Crippen molar-refractivity contribution in [3.05, 3.63) is 15.6 Å². The van der Waals surface area contributed by atoms with Gasteiger partial charge in [-0.15, -0.1) is 22.9 Å². The Bertz CT molecular complexity index is 282. The zero-order valence-corrected chi connectivity index (χ0v) is 8.71. The smallest absolute Gasteiger partial charge is 0.108 e. The molecular formula is C9H12ClNS. The van der Waals surface area contributed by atoms with E-state index in [0.29, 0.717) is 5.88 Å². The molecule has 1 atom stereocenters. The lowest BCUT2D eigenvalue weighted by atomic mass is 9.93. The van der Waals surface area contributed by atoms with Gasteiger partial charge in [-0.3, -0.25) is 0 Å². The highest BCUT2D eigenvalue weighted by molar-refractivity contribution is 7.12. The van der Waals surface area contributed by atoms with E-state index in [1.807, 2.05) is 0 Å². The van der Waals surface area contributed by atoms with Gasteiger partial charge in [-0.1, -0.05) is 6.92 Å². The third kappa shape index (κ3) is 1.50. The van der Waals surface area contributed by atoms with Gasteiger partial charge in [0.1, 0.15) is 5.01 Å². The van der Waals surface area contributed by atoms with Crippen molar-refractivity contribution in [2.45, 2.75) is 32.1 Å². The molecule has 0 N–H and O–H groups in total. The molecule has 66 valence electrons. The summed E-state index contributed by atoms with van der Waals surface area (Å²) in [4.78, 5) is 5.97. The zero-order valence-electron chi connectivity index (χ0n) is 7.14. The second kappa shape index (κ2) is 3.35. The number of rotatable bonds is 1. The standard InChI is InChI=1S/C9H12ClNS/c1-6-2-3-7-8(4-6)12-9(5-10)11-7/h6H,2-5H2,1H3. The van der Waals surface area contributed by atoms with E-state index in [-0.39, 0.29) is 0 Å². The Morgan fingerprint density at radius 3 is 3.25 bits per heavy atom. The lowest BCUT2D eigenvalue weighted by Crippen LogP contribution is -2.09. The highest BCUT2D eigenvalue weighted by atomic mass is 35.5. The van der Waals surface area contributed by atoms with Crippen molar-refractivity contribution in [1.29, 1.82) is 0 Å². The summed E-state index contributed by atoms with van der Waals surface area (Å²) in [6.45, 7) is 2.31. The fraction of sp³-hybridized carbons (Fsp3) is 0.667. The molecule has 0 saturated heterocycles. The molecule has 1 aromatic rings. The van der Waals surface area contributed by atoms with E-state index in [9.17, 15) is 0 Å². The third-order valence-corrected chi connectivity index (χ3v) is 3.88. The van der Waals surface area contributed by atoms with Gasteiger partial charge in [-0.25, -0.2) is 4.98 Å². The van der Waals surface area contributed by atoms with Crippen molar-refractivity contribution >= 4 is 22.9 Å². The van der Waals surface area contributed by atoms with Crippen LogP contribution in [-0.2, 0) is 18.7 Å². The SMILES string of the molecule is CC1CCc2nc(CCl)sc2C1. The van der Waals surface area contributed by atoms with E-state index in [2.05, 4.69) is 11.9 Å². The normalized spacial score (nSPS) is 22.3. The van der Waals surface area contributed by atoms with Gasteiger partial charge in [0.05, 0.1) is 11.6 Å². The van der Waals surface area contributed by atoms with Gasteiger partial charge in [0.15, 0.2) is 0 Å². The fourth-order valence-electron chi connectivity index (χ4n) is 1.65. The highest BCUT2D eigenvalue weighted by Gasteiger charge is 2.18. The van der Waals surface area contributed by atoms with Crippen molar-refractivity contribution in [1.82, 2.24) is 4.98 Å². The minimum Gasteiger partial charge on any atom is -0.245 e. The van der Waals surface area contributed by atoms with Crippen LogP contribution >= 0.6 is 22.9 Å². The van der Waals surface area contributed by atoms with Crippen LogP contribution in [0, 0.1) is 5.92 Å². The second-order valence-corrected chi connectivity index (χ2v) is 4.89. The molecule has 0 saturated carbocycles. The molecular weight excluding hydrogens is 190 g/mol. The molecule has 12 heavy (non-hydrogen) atoms. The predicted octanol–water partition coefficient (Wildman–Crippen LogP) is 3.01. The molecule has 3 heteroatoms. The van der Waals surface area contributed by atoms with Gasteiger partial charge >= 0.3 is 0 Å². The van der Waals surface area contributed by atoms with Gasteiger partial charge in [0.2, 0.25) is 0 Å². The Morgan fingerprint density at radius 2 is 2.50 bits per heavy atom. The van der Waals surface area contributed by atoms with Crippen LogP contribution in [0.4, 0.5) is 0 Å². The number of aromatic nitrogens is 1. The summed E-state index contributed by atoms with van der Waals surface area (Å²) in [6, 6.07) is 0. The van der Waals surface area contributed by atoms with Crippen LogP contribution in [0.5, 0.6) is 0 Å². The second-order valence-electron chi connectivity index (χ2n) is 3.46. The number of hydrogen-bond donors (Lipinski definition) is 0. The number of nitrogens with zero attached hydrogens (tertiary/aromatic N) is 1. The average molecular weight is 202 g/mol. The summed E-state index contributed by atoms with van der Waals surface area (Å²) in [5.74, 6) is 1.41. The van der Waals surface area contributed by atoms with E-state index >= 15 is 0 Å². The topological polar surface area (TPSA) is 12.9 Å². The quantitative estimate of drug-likeness (QED) is 0.637.